The Morgan fingerprint density at radius 3 is 2.40 bits per heavy atom. The Morgan fingerprint density at radius 2 is 1.86 bits per heavy atom. The Labute approximate surface area is 252 Å². The monoisotopic (exact) mass is 601 g/mol. The predicted octanol–water partition coefficient (Wildman–Crippen LogP) is 4.51. The molecule has 0 unspecified atom stereocenters. The second kappa shape index (κ2) is 10.8. The van der Waals surface area contributed by atoms with Gasteiger partial charge in [0.05, 0.1) is 17.2 Å². The number of amides is 1. The zero-order valence-electron chi connectivity index (χ0n) is 25.5. The van der Waals surface area contributed by atoms with Crippen LogP contribution in [0.5, 0.6) is 5.75 Å². The molecule has 1 heterocycles. The highest BCUT2D eigenvalue weighted by atomic mass is 35.5. The molecule has 42 heavy (non-hydrogen) atoms. The number of hydrogen-bond donors (Lipinski definition) is 4. The van der Waals surface area contributed by atoms with Gasteiger partial charge in [0.15, 0.2) is 5.78 Å². The summed E-state index contributed by atoms with van der Waals surface area (Å²) in [6.07, 6.45) is 2.76. The number of aromatic hydroxyl groups is 1. The smallest absolute Gasteiger partial charge is 0.248 e. The van der Waals surface area contributed by atoms with E-state index in [-0.39, 0.29) is 45.8 Å². The van der Waals surface area contributed by atoms with Gasteiger partial charge in [-0.1, -0.05) is 32.4 Å². The highest BCUT2D eigenvalue weighted by Crippen LogP contribution is 2.55. The van der Waals surface area contributed by atoms with Crippen LogP contribution in [-0.4, -0.2) is 82.7 Å². The molecule has 10 heteroatoms. The molecule has 1 fully saturated rings. The minimum atomic E-state index is -1.44. The van der Waals surface area contributed by atoms with Crippen molar-refractivity contribution in [3.8, 4) is 5.75 Å². The van der Waals surface area contributed by atoms with Crippen LogP contribution in [-0.2, 0) is 22.5 Å². The van der Waals surface area contributed by atoms with Gasteiger partial charge < -0.3 is 25.8 Å². The van der Waals surface area contributed by atoms with Crippen LogP contribution in [0.3, 0.4) is 0 Å². The lowest BCUT2D eigenvalue weighted by molar-refractivity contribution is -0.121. The molecule has 0 radical (unpaired) electrons. The van der Waals surface area contributed by atoms with Crippen molar-refractivity contribution in [3.05, 3.63) is 50.4 Å². The third-order valence-electron chi connectivity index (χ3n) is 10.4. The van der Waals surface area contributed by atoms with E-state index in [1.165, 1.54) is 7.11 Å². The summed E-state index contributed by atoms with van der Waals surface area (Å²) < 4.78 is 5.94. The van der Waals surface area contributed by atoms with Gasteiger partial charge in [-0.3, -0.25) is 19.4 Å². The lowest BCUT2D eigenvalue weighted by Gasteiger charge is -2.53. The number of primary amides is 1. The molecule has 5 N–H and O–H groups in total. The van der Waals surface area contributed by atoms with Crippen molar-refractivity contribution in [2.24, 2.45) is 28.9 Å². The quantitative estimate of drug-likeness (QED) is 0.387. The summed E-state index contributed by atoms with van der Waals surface area (Å²) in [4.78, 5) is 30.5. The van der Waals surface area contributed by atoms with Gasteiger partial charge >= 0.3 is 0 Å². The minimum absolute atomic E-state index is 0.0388. The van der Waals surface area contributed by atoms with Gasteiger partial charge in [-0.05, 0) is 87.3 Å². The SMILES string of the molecule is CO[C@@]12CC(C(N)=O)=C(O)[C@@H](N(C)C)[C@@H]1C[C@@H]1Cc3c(Cl)c(CN4CCC(C(C)(C)C)CC4)cc(O)c3C(=O)C1=C2O. The van der Waals surface area contributed by atoms with Crippen LogP contribution < -0.4 is 5.73 Å². The van der Waals surface area contributed by atoms with E-state index in [0.717, 1.165) is 31.5 Å². The molecule has 0 aromatic heterocycles. The number of allylic oxidation sites excluding steroid dienone is 1. The number of piperidine rings is 1. The third-order valence-corrected chi connectivity index (χ3v) is 10.8. The maximum absolute atomic E-state index is 14.0. The molecule has 1 aromatic carbocycles. The zero-order chi connectivity index (χ0) is 30.9. The topological polar surface area (TPSA) is 137 Å². The lowest BCUT2D eigenvalue weighted by atomic mass is 9.59. The second-order valence-corrected chi connectivity index (χ2v) is 14.3. The molecule has 5 rings (SSSR count). The summed E-state index contributed by atoms with van der Waals surface area (Å²) in [6, 6.07) is 0.909. The van der Waals surface area contributed by atoms with Crippen molar-refractivity contribution >= 4 is 23.3 Å². The maximum Gasteiger partial charge on any atom is 0.248 e. The summed E-state index contributed by atoms with van der Waals surface area (Å²) in [7, 11) is 4.96. The first-order chi connectivity index (χ1) is 19.6. The molecular formula is C32H44ClN3O6. The standard InChI is InChI=1S/C32H44ClN3O6/c1-31(2,3)18-7-9-36(10-8-18)15-17-13-22(37)24-19(25(17)33)11-16-12-21-26(35(4)5)27(38)20(30(34)41)14-32(21,42-6)29(40)23(16)28(24)39/h13,16,18,21,26,37-38,40H,7-12,14-15H2,1-6H3,(H2,34,41)/t16-,21-,26-,32-/m0/s1. The maximum atomic E-state index is 14.0. The van der Waals surface area contributed by atoms with E-state index in [1.54, 1.807) is 25.1 Å². The number of nitrogens with zero attached hydrogens (tertiary/aromatic N) is 2. The number of likely N-dealkylation sites (N-methyl/N-ethyl adjacent to an activating group) is 1. The van der Waals surface area contributed by atoms with Crippen LogP contribution in [0.1, 0.15) is 67.9 Å². The van der Waals surface area contributed by atoms with Crippen LogP contribution in [0.2, 0.25) is 5.02 Å². The Balaban J connectivity index is 1.52. The van der Waals surface area contributed by atoms with Crippen LogP contribution in [0.25, 0.3) is 0 Å². The molecule has 0 spiro atoms. The molecule has 4 aliphatic rings. The van der Waals surface area contributed by atoms with Crippen LogP contribution in [0, 0.1) is 23.2 Å². The van der Waals surface area contributed by atoms with Crippen molar-refractivity contribution in [2.45, 2.75) is 71.1 Å². The van der Waals surface area contributed by atoms with E-state index in [2.05, 4.69) is 25.7 Å². The number of hydrogen-bond acceptors (Lipinski definition) is 8. The number of Topliss-reactive ketones (excluding diaryl/α,β-unsaturated/α-hetero) is 1. The summed E-state index contributed by atoms with van der Waals surface area (Å²) in [5.41, 5.74) is 6.04. The minimum Gasteiger partial charge on any atom is -0.510 e. The Bertz CT molecular complexity index is 1370. The largest absolute Gasteiger partial charge is 0.510 e. The molecular weight excluding hydrogens is 558 g/mol. The average molecular weight is 602 g/mol. The molecule has 1 amide bonds. The predicted molar refractivity (Wildman–Crippen MR) is 161 cm³/mol. The van der Waals surface area contributed by atoms with Gasteiger partial charge in [0.25, 0.3) is 0 Å². The van der Waals surface area contributed by atoms with E-state index in [0.29, 0.717) is 35.9 Å². The number of halogens is 1. The number of phenols is 1. The van der Waals surface area contributed by atoms with Gasteiger partial charge in [0.2, 0.25) is 5.91 Å². The first kappa shape index (κ1) is 30.9. The van der Waals surface area contributed by atoms with Gasteiger partial charge in [0, 0.05) is 36.6 Å². The Kier molecular flexibility index (Phi) is 7.97. The molecule has 0 saturated carbocycles. The fraction of sp³-hybridized carbons (Fsp3) is 0.625. The van der Waals surface area contributed by atoms with Gasteiger partial charge in [-0.15, -0.1) is 0 Å². The number of likely N-dealkylation sites (tertiary alicyclic amines) is 1. The van der Waals surface area contributed by atoms with Crippen molar-refractivity contribution in [2.75, 3.05) is 34.3 Å². The van der Waals surface area contributed by atoms with E-state index in [1.807, 2.05) is 0 Å². The summed E-state index contributed by atoms with van der Waals surface area (Å²) in [5, 5.41) is 34.5. The number of rotatable bonds is 5. The van der Waals surface area contributed by atoms with E-state index >= 15 is 0 Å². The fourth-order valence-electron chi connectivity index (χ4n) is 8.05. The van der Waals surface area contributed by atoms with E-state index in [9.17, 15) is 24.9 Å². The molecule has 9 nitrogen and oxygen atoms in total. The van der Waals surface area contributed by atoms with Crippen molar-refractivity contribution in [3.63, 3.8) is 0 Å². The summed E-state index contributed by atoms with van der Waals surface area (Å²) in [5.74, 6) is -2.13. The first-order valence-electron chi connectivity index (χ1n) is 14.8. The van der Waals surface area contributed by atoms with Crippen molar-refractivity contribution in [1.29, 1.82) is 0 Å². The number of nitrogens with two attached hydrogens (primary N) is 1. The highest BCUT2D eigenvalue weighted by Gasteiger charge is 2.59. The molecule has 3 aliphatic carbocycles. The van der Waals surface area contributed by atoms with Crippen molar-refractivity contribution in [1.82, 2.24) is 9.80 Å². The Hall–Kier alpha value is -2.59. The first-order valence-corrected chi connectivity index (χ1v) is 15.2. The number of fused-ring (bicyclic) bond motifs is 3. The average Bonchev–Trinajstić information content (AvgIpc) is 2.90. The van der Waals surface area contributed by atoms with Crippen LogP contribution in [0.15, 0.2) is 28.7 Å². The normalized spacial score (nSPS) is 29.0. The molecule has 0 bridgehead atoms. The third kappa shape index (κ3) is 4.82. The van der Waals surface area contributed by atoms with Crippen LogP contribution >= 0.6 is 11.6 Å². The number of ether oxygens (including phenoxy) is 1. The fourth-order valence-corrected chi connectivity index (χ4v) is 8.33. The Morgan fingerprint density at radius 1 is 1.21 bits per heavy atom. The zero-order valence-corrected chi connectivity index (χ0v) is 26.2. The number of carbonyl (C=O) groups is 2. The van der Waals surface area contributed by atoms with Crippen molar-refractivity contribution < 1.29 is 29.6 Å². The summed E-state index contributed by atoms with van der Waals surface area (Å²) in [6.45, 7) is 9.31. The number of carbonyl (C=O) groups excluding carboxylic acids is 2. The molecule has 1 aromatic rings. The molecule has 4 atom stereocenters. The lowest BCUT2D eigenvalue weighted by Crippen LogP contribution is -2.60. The number of benzene rings is 1. The van der Waals surface area contributed by atoms with Gasteiger partial charge in [0.1, 0.15) is 22.9 Å². The highest BCUT2D eigenvalue weighted by molar-refractivity contribution is 6.33. The molecule has 230 valence electrons. The number of aliphatic hydroxyl groups excluding tert-OH is 2. The number of phenolic OH excluding ortho intramolecular Hbond substituents is 1. The van der Waals surface area contributed by atoms with Gasteiger partial charge in [-0.2, -0.15) is 0 Å². The van der Waals surface area contributed by atoms with E-state index in [4.69, 9.17) is 22.1 Å². The van der Waals surface area contributed by atoms with Crippen LogP contribution in [0.4, 0.5) is 0 Å². The number of methoxy groups -OCH3 is 1. The molecule has 1 aliphatic heterocycles. The number of ketones is 1. The van der Waals surface area contributed by atoms with Gasteiger partial charge in [-0.25, -0.2) is 0 Å². The van der Waals surface area contributed by atoms with E-state index < -0.39 is 35.2 Å². The number of aliphatic hydroxyl groups is 2. The summed E-state index contributed by atoms with van der Waals surface area (Å²) >= 11 is 7.00. The molecule has 1 saturated heterocycles. The second-order valence-electron chi connectivity index (χ2n) is 13.9.